The second-order valence-electron chi connectivity index (χ2n) is 5.34. The summed E-state index contributed by atoms with van der Waals surface area (Å²) in [5, 5.41) is 3.49. The Morgan fingerprint density at radius 3 is 2.77 bits per heavy atom. The third-order valence-electron chi connectivity index (χ3n) is 3.68. The standard InChI is InChI=1S/C16H21ClN2O3/c1-12(19-9-2-3-15(19)20)16(21)18-8-10-22-11-13-4-6-14(17)7-5-13/h4-7,12H,2-3,8-11H2,1H3,(H,18,21)/t12-/m1/s1. The smallest absolute Gasteiger partial charge is 0.242 e. The average Bonchev–Trinajstić information content (AvgIpc) is 2.94. The van der Waals surface area contributed by atoms with Gasteiger partial charge in [-0.3, -0.25) is 9.59 Å². The van der Waals surface area contributed by atoms with Gasteiger partial charge in [0, 0.05) is 24.5 Å². The molecule has 5 nitrogen and oxygen atoms in total. The van der Waals surface area contributed by atoms with E-state index in [2.05, 4.69) is 5.32 Å². The Morgan fingerprint density at radius 1 is 1.41 bits per heavy atom. The molecule has 0 saturated carbocycles. The summed E-state index contributed by atoms with van der Waals surface area (Å²) in [5.74, 6) is -0.0769. The number of carbonyl (C=O) groups excluding carboxylic acids is 2. The summed E-state index contributed by atoms with van der Waals surface area (Å²) in [5.41, 5.74) is 1.03. The van der Waals surface area contributed by atoms with E-state index in [4.69, 9.17) is 16.3 Å². The van der Waals surface area contributed by atoms with Gasteiger partial charge in [-0.25, -0.2) is 0 Å². The number of amides is 2. The van der Waals surface area contributed by atoms with Crippen molar-refractivity contribution in [1.82, 2.24) is 10.2 Å². The lowest BCUT2D eigenvalue weighted by Gasteiger charge is -2.23. The molecule has 2 amide bonds. The van der Waals surface area contributed by atoms with Gasteiger partial charge in [-0.15, -0.1) is 0 Å². The summed E-state index contributed by atoms with van der Waals surface area (Å²) in [7, 11) is 0. The predicted molar refractivity (Wildman–Crippen MR) is 84.5 cm³/mol. The molecular weight excluding hydrogens is 304 g/mol. The van der Waals surface area contributed by atoms with Crippen molar-refractivity contribution < 1.29 is 14.3 Å². The third kappa shape index (κ3) is 4.71. The van der Waals surface area contributed by atoms with Gasteiger partial charge in [-0.2, -0.15) is 0 Å². The molecule has 0 aromatic heterocycles. The molecule has 1 aliphatic rings. The number of nitrogens with one attached hydrogen (secondary N) is 1. The van der Waals surface area contributed by atoms with Crippen LogP contribution < -0.4 is 5.32 Å². The normalized spacial score (nSPS) is 15.9. The van der Waals surface area contributed by atoms with Crippen molar-refractivity contribution in [1.29, 1.82) is 0 Å². The Bertz CT molecular complexity index is 519. The van der Waals surface area contributed by atoms with E-state index in [1.54, 1.807) is 11.8 Å². The largest absolute Gasteiger partial charge is 0.375 e. The molecule has 2 rings (SSSR count). The van der Waals surface area contributed by atoms with E-state index in [-0.39, 0.29) is 11.8 Å². The lowest BCUT2D eigenvalue weighted by Crippen LogP contribution is -2.46. The van der Waals surface area contributed by atoms with Crippen LogP contribution in [-0.2, 0) is 20.9 Å². The van der Waals surface area contributed by atoms with Crippen LogP contribution in [0.1, 0.15) is 25.3 Å². The summed E-state index contributed by atoms with van der Waals surface area (Å²) >= 11 is 5.81. The molecule has 1 aliphatic heterocycles. The van der Waals surface area contributed by atoms with Gasteiger partial charge in [-0.05, 0) is 31.0 Å². The average molecular weight is 325 g/mol. The predicted octanol–water partition coefficient (Wildman–Crippen LogP) is 1.98. The maximum absolute atomic E-state index is 12.0. The van der Waals surface area contributed by atoms with E-state index in [9.17, 15) is 9.59 Å². The molecule has 0 spiro atoms. The number of rotatable bonds is 7. The van der Waals surface area contributed by atoms with Gasteiger partial charge in [0.2, 0.25) is 11.8 Å². The highest BCUT2D eigenvalue weighted by Gasteiger charge is 2.28. The monoisotopic (exact) mass is 324 g/mol. The molecule has 6 heteroatoms. The second kappa shape index (κ2) is 8.15. The Labute approximate surface area is 135 Å². The number of nitrogens with zero attached hydrogens (tertiary/aromatic N) is 1. The van der Waals surface area contributed by atoms with Gasteiger partial charge >= 0.3 is 0 Å². The number of likely N-dealkylation sites (tertiary alicyclic amines) is 1. The number of carbonyl (C=O) groups is 2. The van der Waals surface area contributed by atoms with Gasteiger partial charge in [0.25, 0.3) is 0 Å². The Morgan fingerprint density at radius 2 is 2.14 bits per heavy atom. The summed E-state index contributed by atoms with van der Waals surface area (Å²) in [6.07, 6.45) is 1.38. The minimum absolute atomic E-state index is 0.0571. The third-order valence-corrected chi connectivity index (χ3v) is 3.94. The zero-order valence-electron chi connectivity index (χ0n) is 12.7. The fraction of sp³-hybridized carbons (Fsp3) is 0.500. The lowest BCUT2D eigenvalue weighted by atomic mass is 10.2. The number of benzene rings is 1. The van der Waals surface area contributed by atoms with Gasteiger partial charge in [0.05, 0.1) is 13.2 Å². The zero-order valence-corrected chi connectivity index (χ0v) is 13.4. The molecule has 1 saturated heterocycles. The fourth-order valence-corrected chi connectivity index (χ4v) is 2.51. The minimum Gasteiger partial charge on any atom is -0.375 e. The maximum atomic E-state index is 12.0. The van der Waals surface area contributed by atoms with Crippen molar-refractivity contribution in [2.24, 2.45) is 0 Å². The first-order valence-corrected chi connectivity index (χ1v) is 7.85. The molecule has 1 aromatic rings. The van der Waals surface area contributed by atoms with Crippen LogP contribution in [0.2, 0.25) is 5.02 Å². The molecular formula is C16H21ClN2O3. The van der Waals surface area contributed by atoms with Crippen molar-refractivity contribution in [3.05, 3.63) is 34.9 Å². The van der Waals surface area contributed by atoms with E-state index < -0.39 is 6.04 Å². The van der Waals surface area contributed by atoms with Crippen LogP contribution in [0.5, 0.6) is 0 Å². The van der Waals surface area contributed by atoms with Crippen LogP contribution in [0.25, 0.3) is 0 Å². The van der Waals surface area contributed by atoms with E-state index >= 15 is 0 Å². The molecule has 1 fully saturated rings. The van der Waals surface area contributed by atoms with Crippen molar-refractivity contribution in [3.63, 3.8) is 0 Å². The van der Waals surface area contributed by atoms with Crippen molar-refractivity contribution in [2.45, 2.75) is 32.4 Å². The van der Waals surface area contributed by atoms with Crippen LogP contribution in [0.4, 0.5) is 0 Å². The first kappa shape index (κ1) is 16.8. The molecule has 0 unspecified atom stereocenters. The summed E-state index contributed by atoms with van der Waals surface area (Å²) in [6.45, 7) is 3.76. The van der Waals surface area contributed by atoms with Crippen LogP contribution in [0.3, 0.4) is 0 Å². The van der Waals surface area contributed by atoms with E-state index in [1.165, 1.54) is 0 Å². The minimum atomic E-state index is -0.411. The first-order valence-electron chi connectivity index (χ1n) is 7.47. The molecule has 22 heavy (non-hydrogen) atoms. The number of halogens is 1. The van der Waals surface area contributed by atoms with Gasteiger partial charge in [0.1, 0.15) is 6.04 Å². The van der Waals surface area contributed by atoms with Crippen LogP contribution >= 0.6 is 11.6 Å². The lowest BCUT2D eigenvalue weighted by molar-refractivity contribution is -0.136. The van der Waals surface area contributed by atoms with Crippen LogP contribution in [0.15, 0.2) is 24.3 Å². The van der Waals surface area contributed by atoms with Crippen LogP contribution in [0, 0.1) is 0 Å². The fourth-order valence-electron chi connectivity index (χ4n) is 2.38. The topological polar surface area (TPSA) is 58.6 Å². The molecule has 1 atom stereocenters. The number of hydrogen-bond acceptors (Lipinski definition) is 3. The quantitative estimate of drug-likeness (QED) is 0.780. The van der Waals surface area contributed by atoms with E-state index in [0.717, 1.165) is 12.0 Å². The van der Waals surface area contributed by atoms with Gasteiger partial charge in [-0.1, -0.05) is 23.7 Å². The molecule has 0 bridgehead atoms. The molecule has 0 aliphatic carbocycles. The molecule has 120 valence electrons. The second-order valence-corrected chi connectivity index (χ2v) is 5.77. The Balaban J connectivity index is 1.62. The summed E-state index contributed by atoms with van der Waals surface area (Å²) < 4.78 is 5.50. The summed E-state index contributed by atoms with van der Waals surface area (Å²) in [6, 6.07) is 7.03. The Hall–Kier alpha value is -1.59. The highest BCUT2D eigenvalue weighted by atomic mass is 35.5. The number of ether oxygens (including phenoxy) is 1. The van der Waals surface area contributed by atoms with Crippen molar-refractivity contribution >= 4 is 23.4 Å². The van der Waals surface area contributed by atoms with Crippen LogP contribution in [-0.4, -0.2) is 42.5 Å². The summed E-state index contributed by atoms with van der Waals surface area (Å²) in [4.78, 5) is 25.2. The highest BCUT2D eigenvalue weighted by Crippen LogP contribution is 2.13. The Kier molecular flexibility index (Phi) is 6.21. The molecule has 1 heterocycles. The van der Waals surface area contributed by atoms with Crippen molar-refractivity contribution in [2.75, 3.05) is 19.7 Å². The number of hydrogen-bond donors (Lipinski definition) is 1. The SMILES string of the molecule is C[C@H](C(=O)NCCOCc1ccc(Cl)cc1)N1CCCC1=O. The molecule has 0 radical (unpaired) electrons. The van der Waals surface area contributed by atoms with Gasteiger partial charge < -0.3 is 15.0 Å². The maximum Gasteiger partial charge on any atom is 0.242 e. The first-order chi connectivity index (χ1) is 10.6. The van der Waals surface area contributed by atoms with Crippen molar-refractivity contribution in [3.8, 4) is 0 Å². The molecule has 1 aromatic carbocycles. The zero-order chi connectivity index (χ0) is 15.9. The molecule has 1 N–H and O–H groups in total. The van der Waals surface area contributed by atoms with Gasteiger partial charge in [0.15, 0.2) is 0 Å². The van der Waals surface area contributed by atoms with E-state index in [1.807, 2.05) is 24.3 Å². The highest BCUT2D eigenvalue weighted by molar-refractivity contribution is 6.30. The van der Waals surface area contributed by atoms with E-state index in [0.29, 0.717) is 37.7 Å².